The Balaban J connectivity index is 2.18. The quantitative estimate of drug-likeness (QED) is 0.710. The van der Waals surface area contributed by atoms with E-state index in [0.29, 0.717) is 5.69 Å². The van der Waals surface area contributed by atoms with Crippen molar-refractivity contribution < 1.29 is 22.4 Å². The van der Waals surface area contributed by atoms with Gasteiger partial charge >= 0.3 is 0 Å². The van der Waals surface area contributed by atoms with Gasteiger partial charge in [0.05, 0.1) is 10.6 Å². The highest BCUT2D eigenvalue weighted by Gasteiger charge is 2.26. The topological polar surface area (TPSA) is 132 Å². The molecule has 10 heteroatoms. The number of anilines is 1. The Bertz CT molecular complexity index is 961. The summed E-state index contributed by atoms with van der Waals surface area (Å²) in [5, 5.41) is 2.19. The van der Waals surface area contributed by atoms with Gasteiger partial charge in [0.2, 0.25) is 11.0 Å². The van der Waals surface area contributed by atoms with Gasteiger partial charge in [-0.05, 0) is 51.1 Å². The van der Waals surface area contributed by atoms with Crippen LogP contribution in [0.3, 0.4) is 0 Å². The number of nitrogens with one attached hydrogen (secondary N) is 2. The van der Waals surface area contributed by atoms with Crippen LogP contribution in [0.2, 0.25) is 5.02 Å². The van der Waals surface area contributed by atoms with E-state index in [1.165, 1.54) is 30.3 Å². The molecule has 0 unspecified atom stereocenters. The highest BCUT2D eigenvalue weighted by Crippen LogP contribution is 2.22. The maximum atomic E-state index is 12.2. The normalized spacial score (nSPS) is 12.0. The standard InChI is InChI=1S/C16H18ClN3O5S/c1-16(2,3)20-26(23,24)13-7-6-12(25-13)15(22)19-9-4-5-10(14(18)21)11(17)8-9/h4-8,20H,1-3H3,(H2,18,21)(H,19,22). The molecule has 0 aliphatic heterocycles. The zero-order chi connectivity index (χ0) is 19.7. The van der Waals surface area contributed by atoms with Crippen molar-refractivity contribution in [3.8, 4) is 0 Å². The number of carbonyl (C=O) groups is 2. The van der Waals surface area contributed by atoms with Crippen LogP contribution in [0.1, 0.15) is 41.7 Å². The number of carbonyl (C=O) groups excluding carboxylic acids is 2. The summed E-state index contributed by atoms with van der Waals surface area (Å²) in [5.74, 6) is -1.57. The number of primary amides is 1. The number of benzene rings is 1. The molecule has 0 radical (unpaired) electrons. The van der Waals surface area contributed by atoms with Gasteiger partial charge in [-0.25, -0.2) is 13.1 Å². The fraction of sp³-hybridized carbons (Fsp3) is 0.250. The van der Waals surface area contributed by atoms with E-state index in [1.54, 1.807) is 20.8 Å². The average molecular weight is 400 g/mol. The molecule has 0 bridgehead atoms. The minimum atomic E-state index is -3.89. The summed E-state index contributed by atoms with van der Waals surface area (Å²) < 4.78 is 32.0. The van der Waals surface area contributed by atoms with Crippen molar-refractivity contribution in [1.29, 1.82) is 0 Å². The monoisotopic (exact) mass is 399 g/mol. The first-order valence-electron chi connectivity index (χ1n) is 7.43. The molecule has 0 aliphatic carbocycles. The number of furan rings is 1. The molecule has 1 aromatic carbocycles. The Labute approximate surface area is 155 Å². The van der Waals surface area contributed by atoms with Crippen molar-refractivity contribution in [2.24, 2.45) is 5.73 Å². The Kier molecular flexibility index (Phi) is 5.45. The molecule has 2 amide bonds. The molecule has 0 atom stereocenters. The summed E-state index contributed by atoms with van der Waals surface area (Å²) in [4.78, 5) is 23.4. The zero-order valence-electron chi connectivity index (χ0n) is 14.3. The van der Waals surface area contributed by atoms with Crippen LogP contribution in [0.15, 0.2) is 39.8 Å². The van der Waals surface area contributed by atoms with Gasteiger partial charge in [-0.15, -0.1) is 0 Å². The van der Waals surface area contributed by atoms with E-state index in [2.05, 4.69) is 10.0 Å². The van der Waals surface area contributed by atoms with E-state index < -0.39 is 27.4 Å². The fourth-order valence-corrected chi connectivity index (χ4v) is 3.65. The Morgan fingerprint density at radius 3 is 2.35 bits per heavy atom. The van der Waals surface area contributed by atoms with Crippen LogP contribution < -0.4 is 15.8 Å². The molecule has 0 aliphatic rings. The van der Waals surface area contributed by atoms with Gasteiger partial charge in [0.15, 0.2) is 5.76 Å². The molecule has 2 rings (SSSR count). The first-order valence-corrected chi connectivity index (χ1v) is 9.30. The van der Waals surface area contributed by atoms with Crippen LogP contribution >= 0.6 is 11.6 Å². The van der Waals surface area contributed by atoms with E-state index >= 15 is 0 Å². The number of hydrogen-bond donors (Lipinski definition) is 3. The second kappa shape index (κ2) is 7.10. The van der Waals surface area contributed by atoms with Crippen LogP contribution in [-0.2, 0) is 10.0 Å². The van der Waals surface area contributed by atoms with Crippen molar-refractivity contribution >= 4 is 39.1 Å². The summed E-state index contributed by atoms with van der Waals surface area (Å²) in [7, 11) is -3.89. The second-order valence-corrected chi connectivity index (χ2v) is 8.51. The number of hydrogen-bond acceptors (Lipinski definition) is 5. The average Bonchev–Trinajstić information content (AvgIpc) is 2.95. The smallest absolute Gasteiger partial charge is 0.291 e. The molecule has 26 heavy (non-hydrogen) atoms. The number of nitrogens with two attached hydrogens (primary N) is 1. The lowest BCUT2D eigenvalue weighted by atomic mass is 10.1. The summed E-state index contributed by atoms with van der Waals surface area (Å²) in [6.45, 7) is 5.04. The molecule has 0 saturated carbocycles. The Morgan fingerprint density at radius 2 is 1.81 bits per heavy atom. The maximum Gasteiger partial charge on any atom is 0.291 e. The molecular weight excluding hydrogens is 382 g/mol. The van der Waals surface area contributed by atoms with Crippen molar-refractivity contribution in [2.45, 2.75) is 31.4 Å². The summed E-state index contributed by atoms with van der Waals surface area (Å²) in [6, 6.07) is 6.58. The van der Waals surface area contributed by atoms with Gasteiger partial charge < -0.3 is 15.5 Å². The summed E-state index contributed by atoms with van der Waals surface area (Å²) in [6.07, 6.45) is 0. The minimum absolute atomic E-state index is 0.0763. The van der Waals surface area contributed by atoms with Crippen LogP contribution in [0.5, 0.6) is 0 Å². The van der Waals surface area contributed by atoms with Crippen molar-refractivity contribution in [3.63, 3.8) is 0 Å². The molecule has 4 N–H and O–H groups in total. The second-order valence-electron chi connectivity index (χ2n) is 6.49. The summed E-state index contributed by atoms with van der Waals surface area (Å²) in [5.41, 5.74) is 4.86. The Morgan fingerprint density at radius 1 is 1.15 bits per heavy atom. The number of halogens is 1. The van der Waals surface area contributed by atoms with E-state index in [4.69, 9.17) is 21.8 Å². The molecule has 140 valence electrons. The van der Waals surface area contributed by atoms with E-state index in [0.717, 1.165) is 0 Å². The molecule has 8 nitrogen and oxygen atoms in total. The molecule has 0 saturated heterocycles. The molecule has 0 spiro atoms. The van der Waals surface area contributed by atoms with Gasteiger partial charge in [-0.2, -0.15) is 0 Å². The highest BCUT2D eigenvalue weighted by atomic mass is 35.5. The summed E-state index contributed by atoms with van der Waals surface area (Å²) >= 11 is 5.92. The molecule has 1 heterocycles. The number of sulfonamides is 1. The van der Waals surface area contributed by atoms with Gasteiger partial charge in [-0.1, -0.05) is 11.6 Å². The fourth-order valence-electron chi connectivity index (χ4n) is 2.03. The lowest BCUT2D eigenvalue weighted by molar-refractivity contribution is 0.0988. The number of amides is 2. The van der Waals surface area contributed by atoms with Crippen LogP contribution in [0.25, 0.3) is 0 Å². The Hall–Kier alpha value is -2.36. The van der Waals surface area contributed by atoms with E-state index in [1.807, 2.05) is 0 Å². The van der Waals surface area contributed by atoms with E-state index in [-0.39, 0.29) is 21.4 Å². The van der Waals surface area contributed by atoms with Crippen molar-refractivity contribution in [1.82, 2.24) is 4.72 Å². The maximum absolute atomic E-state index is 12.2. The van der Waals surface area contributed by atoms with Gasteiger partial charge in [0.1, 0.15) is 0 Å². The first-order chi connectivity index (χ1) is 11.9. The van der Waals surface area contributed by atoms with Crippen LogP contribution in [-0.4, -0.2) is 25.8 Å². The highest BCUT2D eigenvalue weighted by molar-refractivity contribution is 7.89. The lowest BCUT2D eigenvalue weighted by Gasteiger charge is -2.18. The zero-order valence-corrected chi connectivity index (χ0v) is 15.9. The third kappa shape index (κ3) is 4.84. The van der Waals surface area contributed by atoms with Crippen molar-refractivity contribution in [2.75, 3.05) is 5.32 Å². The third-order valence-corrected chi connectivity index (χ3v) is 4.95. The predicted molar refractivity (Wildman–Crippen MR) is 96.7 cm³/mol. The van der Waals surface area contributed by atoms with E-state index in [9.17, 15) is 18.0 Å². The van der Waals surface area contributed by atoms with Crippen LogP contribution in [0.4, 0.5) is 5.69 Å². The largest absolute Gasteiger partial charge is 0.438 e. The van der Waals surface area contributed by atoms with Gasteiger partial charge in [-0.3, -0.25) is 9.59 Å². The molecular formula is C16H18ClN3O5S. The molecule has 2 aromatic rings. The van der Waals surface area contributed by atoms with Gasteiger partial charge in [0.25, 0.3) is 15.9 Å². The van der Waals surface area contributed by atoms with Gasteiger partial charge in [0, 0.05) is 11.2 Å². The third-order valence-electron chi connectivity index (χ3n) is 3.00. The molecule has 1 aromatic heterocycles. The SMILES string of the molecule is CC(C)(C)NS(=O)(=O)c1ccc(C(=O)Nc2ccc(C(N)=O)c(Cl)c2)o1. The lowest BCUT2D eigenvalue weighted by Crippen LogP contribution is -2.40. The van der Waals surface area contributed by atoms with Crippen molar-refractivity contribution in [3.05, 3.63) is 46.7 Å². The minimum Gasteiger partial charge on any atom is -0.438 e. The predicted octanol–water partition coefficient (Wildman–Crippen LogP) is 2.36. The molecule has 0 fully saturated rings. The van der Waals surface area contributed by atoms with Crippen LogP contribution in [0, 0.1) is 0 Å². The number of rotatable bonds is 5. The first kappa shape index (κ1) is 20.0.